The Morgan fingerprint density at radius 2 is 1.80 bits per heavy atom. The Hall–Kier alpha value is -3.28. The molecule has 1 amide bonds. The molecule has 25 heavy (non-hydrogen) atoms. The van der Waals surface area contributed by atoms with Crippen LogP contribution in [-0.2, 0) is 13.1 Å². The van der Waals surface area contributed by atoms with Gasteiger partial charge in [-0.05, 0) is 17.7 Å². The van der Waals surface area contributed by atoms with Gasteiger partial charge in [0.1, 0.15) is 12.1 Å². The number of hydrogen-bond donors (Lipinski definition) is 0. The molecule has 3 rings (SSSR count). The summed E-state index contributed by atoms with van der Waals surface area (Å²) in [5, 5.41) is 0. The van der Waals surface area contributed by atoms with E-state index in [1.54, 1.807) is 24.4 Å². The Kier molecular flexibility index (Phi) is 5.31. The van der Waals surface area contributed by atoms with Crippen LogP contribution in [0, 0.1) is 0 Å². The van der Waals surface area contributed by atoms with Crippen LogP contribution in [-0.4, -0.2) is 32.9 Å². The number of pyridine rings is 1. The van der Waals surface area contributed by atoms with Gasteiger partial charge in [-0.1, -0.05) is 24.3 Å². The van der Waals surface area contributed by atoms with E-state index in [2.05, 4.69) is 15.0 Å². The third-order valence-corrected chi connectivity index (χ3v) is 3.74. The molecule has 0 N–H and O–H groups in total. The summed E-state index contributed by atoms with van der Waals surface area (Å²) < 4.78 is 5.41. The van der Waals surface area contributed by atoms with Crippen LogP contribution in [0.15, 0.2) is 67.5 Å². The number of amides is 1. The predicted octanol–water partition coefficient (Wildman–Crippen LogP) is 2.72. The normalized spacial score (nSPS) is 10.3. The van der Waals surface area contributed by atoms with Gasteiger partial charge in [0.05, 0.1) is 12.7 Å². The summed E-state index contributed by atoms with van der Waals surface area (Å²) in [7, 11) is 1.62. The van der Waals surface area contributed by atoms with Gasteiger partial charge in [0.2, 0.25) is 0 Å². The third kappa shape index (κ3) is 4.17. The van der Waals surface area contributed by atoms with Crippen LogP contribution in [0.3, 0.4) is 0 Å². The SMILES string of the molecule is COc1ccccc1CN(Cc1cccnc1)C(=O)c1cncnc1. The zero-order chi connectivity index (χ0) is 17.5. The van der Waals surface area contributed by atoms with Gasteiger partial charge in [-0.2, -0.15) is 0 Å². The third-order valence-electron chi connectivity index (χ3n) is 3.74. The van der Waals surface area contributed by atoms with Crippen LogP contribution in [0.4, 0.5) is 0 Å². The summed E-state index contributed by atoms with van der Waals surface area (Å²) in [6.45, 7) is 0.840. The lowest BCUT2D eigenvalue weighted by Gasteiger charge is -2.23. The second-order valence-electron chi connectivity index (χ2n) is 5.46. The zero-order valence-corrected chi connectivity index (χ0v) is 13.9. The van der Waals surface area contributed by atoms with E-state index >= 15 is 0 Å². The molecule has 0 radical (unpaired) electrons. The predicted molar refractivity (Wildman–Crippen MR) is 92.8 cm³/mol. The van der Waals surface area contributed by atoms with Gasteiger partial charge in [-0.25, -0.2) is 9.97 Å². The highest BCUT2D eigenvalue weighted by Gasteiger charge is 2.19. The monoisotopic (exact) mass is 334 g/mol. The molecule has 6 heteroatoms. The van der Waals surface area contributed by atoms with E-state index < -0.39 is 0 Å². The fourth-order valence-electron chi connectivity index (χ4n) is 2.54. The first kappa shape index (κ1) is 16.6. The summed E-state index contributed by atoms with van der Waals surface area (Å²) in [5.41, 5.74) is 2.32. The van der Waals surface area contributed by atoms with Crippen molar-refractivity contribution in [2.24, 2.45) is 0 Å². The molecule has 0 aliphatic rings. The van der Waals surface area contributed by atoms with E-state index in [9.17, 15) is 4.79 Å². The quantitative estimate of drug-likeness (QED) is 0.693. The molecule has 0 saturated carbocycles. The van der Waals surface area contributed by atoms with Gasteiger partial charge in [0.15, 0.2) is 0 Å². The van der Waals surface area contributed by atoms with E-state index in [0.717, 1.165) is 16.9 Å². The summed E-state index contributed by atoms with van der Waals surface area (Å²) in [6, 6.07) is 11.5. The Bertz CT molecular complexity index is 825. The molecule has 3 aromatic rings. The lowest BCUT2D eigenvalue weighted by Crippen LogP contribution is -2.30. The molecule has 2 heterocycles. The Balaban J connectivity index is 1.90. The number of hydrogen-bond acceptors (Lipinski definition) is 5. The molecule has 0 aliphatic carbocycles. The molecule has 0 spiro atoms. The highest BCUT2D eigenvalue weighted by molar-refractivity contribution is 5.93. The molecule has 2 aromatic heterocycles. The lowest BCUT2D eigenvalue weighted by atomic mass is 10.1. The van der Waals surface area contributed by atoms with Gasteiger partial charge in [-0.15, -0.1) is 0 Å². The van der Waals surface area contributed by atoms with Crippen LogP contribution in [0.5, 0.6) is 5.75 Å². The van der Waals surface area contributed by atoms with Gasteiger partial charge >= 0.3 is 0 Å². The van der Waals surface area contributed by atoms with E-state index in [1.807, 2.05) is 36.4 Å². The topological polar surface area (TPSA) is 68.2 Å². The van der Waals surface area contributed by atoms with Gasteiger partial charge < -0.3 is 9.64 Å². The average Bonchev–Trinajstić information content (AvgIpc) is 2.69. The average molecular weight is 334 g/mol. The van der Waals surface area contributed by atoms with E-state index in [4.69, 9.17) is 4.74 Å². The lowest BCUT2D eigenvalue weighted by molar-refractivity contribution is 0.0728. The maximum absolute atomic E-state index is 12.9. The van der Waals surface area contributed by atoms with Crippen molar-refractivity contribution >= 4 is 5.91 Å². The number of nitrogens with zero attached hydrogens (tertiary/aromatic N) is 4. The summed E-state index contributed by atoms with van der Waals surface area (Å²) >= 11 is 0. The first-order valence-corrected chi connectivity index (χ1v) is 7.83. The van der Waals surface area contributed by atoms with Crippen LogP contribution < -0.4 is 4.74 Å². The summed E-state index contributed by atoms with van der Waals surface area (Å²) in [6.07, 6.45) is 7.91. The number of carbonyl (C=O) groups is 1. The van der Waals surface area contributed by atoms with Crippen molar-refractivity contribution in [3.8, 4) is 5.75 Å². The maximum Gasteiger partial charge on any atom is 0.257 e. The fourth-order valence-corrected chi connectivity index (χ4v) is 2.54. The van der Waals surface area contributed by atoms with Crippen LogP contribution >= 0.6 is 0 Å². The van der Waals surface area contributed by atoms with E-state index in [1.165, 1.54) is 18.7 Å². The van der Waals surface area contributed by atoms with Gasteiger partial charge in [0, 0.05) is 43.4 Å². The minimum atomic E-state index is -0.143. The molecule has 0 bridgehead atoms. The first-order chi connectivity index (χ1) is 12.3. The van der Waals surface area contributed by atoms with Crippen molar-refractivity contribution in [2.45, 2.75) is 13.1 Å². The molecular weight excluding hydrogens is 316 g/mol. The zero-order valence-electron chi connectivity index (χ0n) is 13.9. The Morgan fingerprint density at radius 3 is 2.52 bits per heavy atom. The van der Waals surface area contributed by atoms with E-state index in [-0.39, 0.29) is 5.91 Å². The van der Waals surface area contributed by atoms with Crippen molar-refractivity contribution in [1.82, 2.24) is 19.9 Å². The Morgan fingerprint density at radius 1 is 1.00 bits per heavy atom. The smallest absolute Gasteiger partial charge is 0.257 e. The van der Waals surface area contributed by atoms with Crippen molar-refractivity contribution in [3.63, 3.8) is 0 Å². The van der Waals surface area contributed by atoms with Crippen LogP contribution in [0.1, 0.15) is 21.5 Å². The molecule has 1 aromatic carbocycles. The van der Waals surface area contributed by atoms with Crippen LogP contribution in [0.2, 0.25) is 0 Å². The number of carbonyl (C=O) groups excluding carboxylic acids is 1. The summed E-state index contributed by atoms with van der Waals surface area (Å²) in [4.78, 5) is 26.7. The fraction of sp³-hybridized carbons (Fsp3) is 0.158. The molecule has 0 aliphatic heterocycles. The van der Waals surface area contributed by atoms with Crippen molar-refractivity contribution in [1.29, 1.82) is 0 Å². The van der Waals surface area contributed by atoms with Crippen LogP contribution in [0.25, 0.3) is 0 Å². The second-order valence-corrected chi connectivity index (χ2v) is 5.46. The van der Waals surface area contributed by atoms with Gasteiger partial charge in [-0.3, -0.25) is 9.78 Å². The largest absolute Gasteiger partial charge is 0.496 e. The molecule has 6 nitrogen and oxygen atoms in total. The molecule has 0 saturated heterocycles. The molecular formula is C19H18N4O2. The van der Waals surface area contributed by atoms with Crippen molar-refractivity contribution in [2.75, 3.05) is 7.11 Å². The molecule has 0 atom stereocenters. The highest BCUT2D eigenvalue weighted by atomic mass is 16.5. The number of para-hydroxylation sites is 1. The molecule has 0 unspecified atom stereocenters. The minimum Gasteiger partial charge on any atom is -0.496 e. The maximum atomic E-state index is 12.9. The number of benzene rings is 1. The minimum absolute atomic E-state index is 0.143. The number of aromatic nitrogens is 3. The molecule has 126 valence electrons. The summed E-state index contributed by atoms with van der Waals surface area (Å²) in [5.74, 6) is 0.603. The number of rotatable bonds is 6. The Labute approximate surface area is 146 Å². The number of ether oxygens (including phenoxy) is 1. The van der Waals surface area contributed by atoms with Crippen molar-refractivity contribution in [3.05, 3.63) is 84.2 Å². The van der Waals surface area contributed by atoms with Crippen molar-refractivity contribution < 1.29 is 9.53 Å². The van der Waals surface area contributed by atoms with Gasteiger partial charge in [0.25, 0.3) is 5.91 Å². The standard InChI is InChI=1S/C19H18N4O2/c1-25-18-7-3-2-6-16(18)13-23(12-15-5-4-8-20-9-15)19(24)17-10-21-14-22-11-17/h2-11,14H,12-13H2,1H3. The van der Waals surface area contributed by atoms with E-state index in [0.29, 0.717) is 18.7 Å². The molecule has 0 fully saturated rings. The first-order valence-electron chi connectivity index (χ1n) is 7.83. The highest BCUT2D eigenvalue weighted by Crippen LogP contribution is 2.21. The second kappa shape index (κ2) is 8.01. The number of methoxy groups -OCH3 is 1.